The van der Waals surface area contributed by atoms with E-state index in [-0.39, 0.29) is 13.2 Å². The van der Waals surface area contributed by atoms with E-state index < -0.39 is 12.1 Å². The van der Waals surface area contributed by atoms with Gasteiger partial charge in [0.15, 0.2) is 0 Å². The van der Waals surface area contributed by atoms with Crippen LogP contribution in [0.1, 0.15) is 206 Å². The van der Waals surface area contributed by atoms with Crippen molar-refractivity contribution in [2.75, 3.05) is 19.8 Å². The van der Waals surface area contributed by atoms with Crippen LogP contribution < -0.4 is 0 Å². The maximum atomic E-state index is 10.3. The Hall–Kier alpha value is -0.910. The molecule has 1 unspecified atom stereocenters. The number of unbranched alkanes of at least 4 members (excludes halogenated alkanes) is 26. The first-order chi connectivity index (χ1) is 21.6. The van der Waals surface area contributed by atoms with Crippen LogP contribution in [-0.2, 0) is 9.53 Å². The molecule has 0 aromatic heterocycles. The fourth-order valence-corrected chi connectivity index (χ4v) is 5.37. The van der Waals surface area contributed by atoms with Crippen LogP contribution in [0.25, 0.3) is 0 Å². The molecule has 0 spiro atoms. The van der Waals surface area contributed by atoms with E-state index in [1.807, 2.05) is 0 Å². The summed E-state index contributed by atoms with van der Waals surface area (Å²) in [5, 5.41) is 26.3. The standard InChI is InChI=1S/C21H42O3.C18H36O2/c1-2-3-4-5-6-7-8-9-10-11-12-13-14-15-16-17-18-24-20-21(23)19-22;1-2-3-4-5-6-7-8-9-10-11-12-13-14-15-16-17-18(19)20/h9-10,21-23H,2-8,11-20H2,1H3;2-17H2,1H3,(H,19,20)/b10-9-;. The maximum absolute atomic E-state index is 10.3. The molecule has 0 fully saturated rings. The molecule has 0 saturated heterocycles. The second kappa shape index (κ2) is 42.1. The predicted molar refractivity (Wildman–Crippen MR) is 191 cm³/mol. The van der Waals surface area contributed by atoms with Gasteiger partial charge in [0.25, 0.3) is 0 Å². The summed E-state index contributed by atoms with van der Waals surface area (Å²) < 4.78 is 5.29. The van der Waals surface area contributed by atoms with Crippen molar-refractivity contribution < 1.29 is 24.9 Å². The Labute approximate surface area is 275 Å². The second-order valence-corrected chi connectivity index (χ2v) is 12.9. The van der Waals surface area contributed by atoms with Gasteiger partial charge in [-0.25, -0.2) is 0 Å². The number of rotatable bonds is 35. The Balaban J connectivity index is 0. The molecule has 0 bridgehead atoms. The summed E-state index contributed by atoms with van der Waals surface area (Å²) in [6, 6.07) is 0. The lowest BCUT2D eigenvalue weighted by Crippen LogP contribution is -2.19. The van der Waals surface area contributed by atoms with Gasteiger partial charge in [-0.15, -0.1) is 0 Å². The molecular formula is C39H78O5. The Morgan fingerprint density at radius 2 is 0.886 bits per heavy atom. The van der Waals surface area contributed by atoms with Crippen LogP contribution in [0, 0.1) is 0 Å². The number of carboxylic acids is 1. The number of aliphatic hydroxyl groups is 2. The van der Waals surface area contributed by atoms with Gasteiger partial charge in [-0.1, -0.05) is 174 Å². The molecule has 0 radical (unpaired) electrons. The van der Waals surface area contributed by atoms with E-state index in [9.17, 15) is 4.79 Å². The van der Waals surface area contributed by atoms with Crippen LogP contribution in [0.15, 0.2) is 12.2 Å². The molecule has 5 heteroatoms. The predicted octanol–water partition coefficient (Wildman–Crippen LogP) is 11.7. The highest BCUT2D eigenvalue weighted by atomic mass is 16.5. The van der Waals surface area contributed by atoms with E-state index in [1.54, 1.807) is 0 Å². The zero-order valence-electron chi connectivity index (χ0n) is 29.7. The van der Waals surface area contributed by atoms with Gasteiger partial charge in [-0.05, 0) is 38.5 Å². The topological polar surface area (TPSA) is 87.0 Å². The Bertz CT molecular complexity index is 551. The Kier molecular flexibility index (Phi) is 43.3. The lowest BCUT2D eigenvalue weighted by molar-refractivity contribution is -0.137. The van der Waals surface area contributed by atoms with Crippen LogP contribution in [0.3, 0.4) is 0 Å². The largest absolute Gasteiger partial charge is 0.481 e. The van der Waals surface area contributed by atoms with E-state index in [0.29, 0.717) is 13.0 Å². The molecule has 0 heterocycles. The number of allylic oxidation sites excluding steroid dienone is 2. The highest BCUT2D eigenvalue weighted by molar-refractivity contribution is 5.66. The molecule has 44 heavy (non-hydrogen) atoms. The summed E-state index contributed by atoms with van der Waals surface area (Å²) in [4.78, 5) is 10.3. The SMILES string of the molecule is CCCCCCCC/C=C\CCCCCCCCOCC(O)CO.CCCCCCCCCCCCCCCCCC(=O)O. The number of aliphatic hydroxyl groups excluding tert-OH is 2. The number of carbonyl (C=O) groups is 1. The number of ether oxygens (including phenoxy) is 1. The highest BCUT2D eigenvalue weighted by Crippen LogP contribution is 2.14. The first-order valence-corrected chi connectivity index (χ1v) is 19.3. The highest BCUT2D eigenvalue weighted by Gasteiger charge is 2.01. The van der Waals surface area contributed by atoms with Crippen molar-refractivity contribution >= 4 is 5.97 Å². The van der Waals surface area contributed by atoms with Gasteiger partial charge >= 0.3 is 5.97 Å². The average Bonchev–Trinajstić information content (AvgIpc) is 3.02. The third-order valence-corrected chi connectivity index (χ3v) is 8.32. The summed E-state index contributed by atoms with van der Waals surface area (Å²) >= 11 is 0. The molecule has 3 N–H and O–H groups in total. The third-order valence-electron chi connectivity index (χ3n) is 8.32. The minimum atomic E-state index is -0.723. The first kappa shape index (κ1) is 45.2. The molecule has 0 aliphatic carbocycles. The monoisotopic (exact) mass is 627 g/mol. The first-order valence-electron chi connectivity index (χ1n) is 19.3. The molecule has 5 nitrogen and oxygen atoms in total. The molecule has 0 aliphatic heterocycles. The van der Waals surface area contributed by atoms with Crippen LogP contribution >= 0.6 is 0 Å². The van der Waals surface area contributed by atoms with Crippen LogP contribution in [0.4, 0.5) is 0 Å². The number of aliphatic carboxylic acids is 1. The Morgan fingerprint density at radius 1 is 0.545 bits per heavy atom. The van der Waals surface area contributed by atoms with Crippen molar-refractivity contribution in [1.29, 1.82) is 0 Å². The average molecular weight is 627 g/mol. The van der Waals surface area contributed by atoms with E-state index in [1.165, 1.54) is 167 Å². The zero-order valence-corrected chi connectivity index (χ0v) is 29.7. The summed E-state index contributed by atoms with van der Waals surface area (Å²) in [5.74, 6) is -0.653. The molecule has 0 saturated carbocycles. The normalized spacial score (nSPS) is 12.0. The molecule has 0 rings (SSSR count). The lowest BCUT2D eigenvalue weighted by atomic mass is 10.0. The minimum Gasteiger partial charge on any atom is -0.481 e. The Morgan fingerprint density at radius 3 is 1.25 bits per heavy atom. The van der Waals surface area contributed by atoms with Gasteiger partial charge in [0.2, 0.25) is 0 Å². The van der Waals surface area contributed by atoms with E-state index in [2.05, 4.69) is 26.0 Å². The lowest BCUT2D eigenvalue weighted by Gasteiger charge is -2.07. The molecule has 0 aromatic rings. The molecule has 0 aromatic carbocycles. The number of carboxylic acid groups (broad SMARTS) is 1. The van der Waals surface area contributed by atoms with Gasteiger partial charge in [-0.3, -0.25) is 4.79 Å². The molecular weight excluding hydrogens is 548 g/mol. The minimum absolute atomic E-state index is 0.215. The van der Waals surface area contributed by atoms with E-state index in [0.717, 1.165) is 19.3 Å². The molecule has 264 valence electrons. The maximum Gasteiger partial charge on any atom is 0.303 e. The summed E-state index contributed by atoms with van der Waals surface area (Å²) in [6.07, 6.45) is 42.5. The van der Waals surface area contributed by atoms with Crippen molar-refractivity contribution in [3.63, 3.8) is 0 Å². The van der Waals surface area contributed by atoms with Crippen molar-refractivity contribution in [1.82, 2.24) is 0 Å². The number of hydrogen-bond acceptors (Lipinski definition) is 4. The molecule has 0 aliphatic rings. The van der Waals surface area contributed by atoms with Crippen molar-refractivity contribution in [3.8, 4) is 0 Å². The zero-order chi connectivity index (χ0) is 32.6. The van der Waals surface area contributed by atoms with Crippen LogP contribution in [0.5, 0.6) is 0 Å². The molecule has 1 atom stereocenters. The van der Waals surface area contributed by atoms with Crippen molar-refractivity contribution in [3.05, 3.63) is 12.2 Å². The molecule has 0 amide bonds. The van der Waals surface area contributed by atoms with Crippen LogP contribution in [0.2, 0.25) is 0 Å². The third kappa shape index (κ3) is 45.5. The smallest absolute Gasteiger partial charge is 0.303 e. The van der Waals surface area contributed by atoms with Gasteiger partial charge in [-0.2, -0.15) is 0 Å². The van der Waals surface area contributed by atoms with Gasteiger partial charge in [0.1, 0.15) is 6.10 Å². The summed E-state index contributed by atoms with van der Waals surface area (Å²) in [5.41, 5.74) is 0. The van der Waals surface area contributed by atoms with Crippen LogP contribution in [-0.4, -0.2) is 47.2 Å². The van der Waals surface area contributed by atoms with Gasteiger partial charge in [0, 0.05) is 13.0 Å². The number of hydrogen-bond donors (Lipinski definition) is 3. The van der Waals surface area contributed by atoms with Crippen molar-refractivity contribution in [2.24, 2.45) is 0 Å². The van der Waals surface area contributed by atoms with Gasteiger partial charge < -0.3 is 20.1 Å². The second-order valence-electron chi connectivity index (χ2n) is 12.9. The van der Waals surface area contributed by atoms with Gasteiger partial charge in [0.05, 0.1) is 13.2 Å². The summed E-state index contributed by atoms with van der Waals surface area (Å²) in [6.45, 7) is 5.27. The van der Waals surface area contributed by atoms with E-state index >= 15 is 0 Å². The van der Waals surface area contributed by atoms with Crippen molar-refractivity contribution in [2.45, 2.75) is 213 Å². The fourth-order valence-electron chi connectivity index (χ4n) is 5.37. The quantitative estimate of drug-likeness (QED) is 0.0481. The fraction of sp³-hybridized carbons (Fsp3) is 0.923. The van der Waals surface area contributed by atoms with E-state index in [4.69, 9.17) is 20.1 Å². The summed E-state index contributed by atoms with van der Waals surface area (Å²) in [7, 11) is 0.